The van der Waals surface area contributed by atoms with Gasteiger partial charge in [0.2, 0.25) is 0 Å². The Balaban J connectivity index is 2.06. The third-order valence-corrected chi connectivity index (χ3v) is 3.45. The van der Waals surface area contributed by atoms with Gasteiger partial charge < -0.3 is 10.4 Å². The Kier molecular flexibility index (Phi) is 4.23. The number of hydrogen-bond acceptors (Lipinski definition) is 2. The van der Waals surface area contributed by atoms with Gasteiger partial charge in [-0.1, -0.05) is 42.0 Å². The van der Waals surface area contributed by atoms with E-state index >= 15 is 0 Å². The Labute approximate surface area is 115 Å². The second-order valence-electron chi connectivity index (χ2n) is 5.12. The molecule has 0 aliphatic carbocycles. The number of phenols is 1. The van der Waals surface area contributed by atoms with Gasteiger partial charge in [-0.25, -0.2) is 0 Å². The first-order valence-electron chi connectivity index (χ1n) is 6.68. The minimum absolute atomic E-state index is 0.198. The van der Waals surface area contributed by atoms with Crippen LogP contribution >= 0.6 is 0 Å². The molecule has 2 nitrogen and oxygen atoms in total. The van der Waals surface area contributed by atoms with Gasteiger partial charge in [-0.05, 0) is 44.0 Å². The largest absolute Gasteiger partial charge is 0.508 e. The van der Waals surface area contributed by atoms with Crippen LogP contribution in [0.2, 0.25) is 0 Å². The lowest BCUT2D eigenvalue weighted by Gasteiger charge is -2.21. The molecule has 0 saturated carbocycles. The van der Waals surface area contributed by atoms with Gasteiger partial charge in [0.25, 0.3) is 0 Å². The van der Waals surface area contributed by atoms with Gasteiger partial charge in [0.15, 0.2) is 0 Å². The Morgan fingerprint density at radius 1 is 0.895 bits per heavy atom. The minimum Gasteiger partial charge on any atom is -0.508 e. The lowest BCUT2D eigenvalue weighted by molar-refractivity contribution is 0.466. The van der Waals surface area contributed by atoms with Crippen molar-refractivity contribution in [3.63, 3.8) is 0 Å². The Bertz CT molecular complexity index is 533. The van der Waals surface area contributed by atoms with E-state index in [1.54, 1.807) is 12.1 Å². The van der Waals surface area contributed by atoms with E-state index in [-0.39, 0.29) is 12.1 Å². The van der Waals surface area contributed by atoms with E-state index in [9.17, 15) is 5.11 Å². The first kappa shape index (κ1) is 13.6. The van der Waals surface area contributed by atoms with Crippen molar-refractivity contribution in [2.24, 2.45) is 0 Å². The van der Waals surface area contributed by atoms with Gasteiger partial charge in [0, 0.05) is 12.1 Å². The second kappa shape index (κ2) is 5.89. The van der Waals surface area contributed by atoms with Crippen molar-refractivity contribution in [3.8, 4) is 5.75 Å². The van der Waals surface area contributed by atoms with Crippen LogP contribution in [0.15, 0.2) is 48.5 Å². The third-order valence-electron chi connectivity index (χ3n) is 3.45. The van der Waals surface area contributed by atoms with Gasteiger partial charge >= 0.3 is 0 Å². The van der Waals surface area contributed by atoms with Crippen LogP contribution in [0, 0.1) is 6.92 Å². The quantitative estimate of drug-likeness (QED) is 0.861. The molecular formula is C17H21NO. The summed E-state index contributed by atoms with van der Waals surface area (Å²) in [6.45, 7) is 6.36. The van der Waals surface area contributed by atoms with Crippen LogP contribution in [0.3, 0.4) is 0 Å². The maximum absolute atomic E-state index is 9.52. The average Bonchev–Trinajstić information content (AvgIpc) is 2.39. The molecule has 19 heavy (non-hydrogen) atoms. The molecule has 2 aromatic rings. The molecule has 2 atom stereocenters. The van der Waals surface area contributed by atoms with Crippen LogP contribution in [-0.4, -0.2) is 5.11 Å². The van der Waals surface area contributed by atoms with E-state index in [2.05, 4.69) is 50.4 Å². The number of aryl methyl sites for hydroxylation is 1. The predicted octanol–water partition coefficient (Wildman–Crippen LogP) is 4.11. The van der Waals surface area contributed by atoms with Crippen molar-refractivity contribution >= 4 is 0 Å². The highest BCUT2D eigenvalue weighted by molar-refractivity contribution is 5.30. The molecule has 0 radical (unpaired) electrons. The Hall–Kier alpha value is -1.80. The highest BCUT2D eigenvalue weighted by Crippen LogP contribution is 2.22. The topological polar surface area (TPSA) is 32.3 Å². The lowest BCUT2D eigenvalue weighted by Crippen LogP contribution is -2.22. The summed E-state index contributed by atoms with van der Waals surface area (Å²) < 4.78 is 0. The normalized spacial score (nSPS) is 14.1. The van der Waals surface area contributed by atoms with Gasteiger partial charge in [0.1, 0.15) is 5.75 Å². The van der Waals surface area contributed by atoms with Crippen molar-refractivity contribution in [2.45, 2.75) is 32.9 Å². The summed E-state index contributed by atoms with van der Waals surface area (Å²) in [7, 11) is 0. The number of rotatable bonds is 4. The van der Waals surface area contributed by atoms with Crippen LogP contribution in [-0.2, 0) is 0 Å². The second-order valence-corrected chi connectivity index (χ2v) is 5.12. The molecule has 0 heterocycles. The standard InChI is InChI=1S/C17H21NO/c1-12-7-9-15(10-8-12)13(2)18-14(3)16-5-4-6-17(19)11-16/h4-11,13-14,18-19H,1-3H3/t13-,14?/m0/s1. The Morgan fingerprint density at radius 2 is 1.53 bits per heavy atom. The molecule has 1 unspecified atom stereocenters. The molecule has 0 bridgehead atoms. The molecule has 2 heteroatoms. The Morgan fingerprint density at radius 3 is 2.16 bits per heavy atom. The van der Waals surface area contributed by atoms with E-state index in [0.29, 0.717) is 5.75 Å². The fraction of sp³-hybridized carbons (Fsp3) is 0.294. The molecule has 0 amide bonds. The third kappa shape index (κ3) is 3.58. The van der Waals surface area contributed by atoms with Crippen LogP contribution < -0.4 is 5.32 Å². The maximum Gasteiger partial charge on any atom is 0.115 e. The highest BCUT2D eigenvalue weighted by Gasteiger charge is 2.11. The van der Waals surface area contributed by atoms with E-state index in [0.717, 1.165) is 5.56 Å². The van der Waals surface area contributed by atoms with Crippen molar-refractivity contribution in [3.05, 3.63) is 65.2 Å². The van der Waals surface area contributed by atoms with E-state index < -0.39 is 0 Å². The van der Waals surface area contributed by atoms with Crippen molar-refractivity contribution in [1.82, 2.24) is 5.32 Å². The molecule has 0 aromatic heterocycles. The monoisotopic (exact) mass is 255 g/mol. The first-order chi connectivity index (χ1) is 9.06. The lowest BCUT2D eigenvalue weighted by atomic mass is 10.0. The van der Waals surface area contributed by atoms with E-state index in [1.807, 2.05) is 12.1 Å². The molecule has 0 aliphatic heterocycles. The molecule has 0 spiro atoms. The van der Waals surface area contributed by atoms with Crippen molar-refractivity contribution in [1.29, 1.82) is 0 Å². The zero-order valence-corrected chi connectivity index (χ0v) is 11.7. The zero-order chi connectivity index (χ0) is 13.8. The SMILES string of the molecule is Cc1ccc([C@H](C)NC(C)c2cccc(O)c2)cc1. The first-order valence-corrected chi connectivity index (χ1v) is 6.68. The number of phenolic OH excluding ortho intramolecular Hbond substituents is 1. The summed E-state index contributed by atoms with van der Waals surface area (Å²) >= 11 is 0. The smallest absolute Gasteiger partial charge is 0.115 e. The summed E-state index contributed by atoms with van der Waals surface area (Å²) in [6, 6.07) is 16.4. The fourth-order valence-electron chi connectivity index (χ4n) is 2.22. The summed E-state index contributed by atoms with van der Waals surface area (Å²) in [4.78, 5) is 0. The highest BCUT2D eigenvalue weighted by atomic mass is 16.3. The van der Waals surface area contributed by atoms with Crippen LogP contribution in [0.4, 0.5) is 0 Å². The van der Waals surface area contributed by atoms with E-state index in [4.69, 9.17) is 0 Å². The van der Waals surface area contributed by atoms with Gasteiger partial charge in [-0.2, -0.15) is 0 Å². The van der Waals surface area contributed by atoms with Crippen molar-refractivity contribution < 1.29 is 5.11 Å². The van der Waals surface area contributed by atoms with Gasteiger partial charge in [0.05, 0.1) is 0 Å². The molecule has 100 valence electrons. The molecule has 2 rings (SSSR count). The number of hydrogen-bond donors (Lipinski definition) is 2. The van der Waals surface area contributed by atoms with Crippen LogP contribution in [0.25, 0.3) is 0 Å². The van der Waals surface area contributed by atoms with Gasteiger partial charge in [-0.15, -0.1) is 0 Å². The molecule has 2 N–H and O–H groups in total. The minimum atomic E-state index is 0.198. The molecule has 2 aromatic carbocycles. The molecular weight excluding hydrogens is 234 g/mol. The summed E-state index contributed by atoms with van der Waals surface area (Å²) in [6.07, 6.45) is 0. The summed E-state index contributed by atoms with van der Waals surface area (Å²) in [5, 5.41) is 13.1. The summed E-state index contributed by atoms with van der Waals surface area (Å²) in [5.74, 6) is 0.314. The molecule has 0 fully saturated rings. The van der Waals surface area contributed by atoms with Gasteiger partial charge in [-0.3, -0.25) is 0 Å². The zero-order valence-electron chi connectivity index (χ0n) is 11.7. The van der Waals surface area contributed by atoms with E-state index in [1.165, 1.54) is 11.1 Å². The summed E-state index contributed by atoms with van der Waals surface area (Å²) in [5.41, 5.74) is 3.65. The molecule has 0 saturated heterocycles. The number of benzene rings is 2. The van der Waals surface area contributed by atoms with Crippen molar-refractivity contribution in [2.75, 3.05) is 0 Å². The fourth-order valence-corrected chi connectivity index (χ4v) is 2.22. The van der Waals surface area contributed by atoms with Crippen LogP contribution in [0.5, 0.6) is 5.75 Å². The predicted molar refractivity (Wildman–Crippen MR) is 79.3 cm³/mol. The number of nitrogens with one attached hydrogen (secondary N) is 1. The maximum atomic E-state index is 9.52. The number of aromatic hydroxyl groups is 1. The van der Waals surface area contributed by atoms with Crippen LogP contribution in [0.1, 0.15) is 42.6 Å². The molecule has 0 aliphatic rings. The average molecular weight is 255 g/mol.